The van der Waals surface area contributed by atoms with Crippen LogP contribution in [0.1, 0.15) is 25.3 Å². The topological polar surface area (TPSA) is 87.6 Å². The van der Waals surface area contributed by atoms with E-state index < -0.39 is 11.8 Å². The van der Waals surface area contributed by atoms with E-state index in [4.69, 9.17) is 16.3 Å². The number of nitrogens with one attached hydrogen (secondary N) is 1. The number of anilines is 2. The van der Waals surface area contributed by atoms with Gasteiger partial charge < -0.3 is 15.2 Å². The summed E-state index contributed by atoms with van der Waals surface area (Å²) in [5.41, 5.74) is 1.59. The summed E-state index contributed by atoms with van der Waals surface area (Å²) in [6.07, 6.45) is 3.22. The summed E-state index contributed by atoms with van der Waals surface area (Å²) in [7, 11) is 1.56. The van der Waals surface area contributed by atoms with Crippen LogP contribution < -0.4 is 10.1 Å². The number of hydrogen-bond acceptors (Lipinski definition) is 6. The Kier molecular flexibility index (Phi) is 7.59. The molecule has 1 aromatic heterocycles. The van der Waals surface area contributed by atoms with Crippen molar-refractivity contribution in [3.05, 3.63) is 53.1 Å². The lowest BCUT2D eigenvalue weighted by molar-refractivity contribution is -0.138. The SMILES string of the molecule is CCCCN(CC(=O)O)Cc1cc2c(Nc3cccc(Cl)c3F)ncnc2cc1OC. The molecule has 0 bridgehead atoms. The Morgan fingerprint density at radius 1 is 1.32 bits per heavy atom. The fraction of sp³-hybridized carbons (Fsp3) is 0.318. The van der Waals surface area contributed by atoms with Crippen LogP contribution in [0.3, 0.4) is 0 Å². The molecule has 0 spiro atoms. The van der Waals surface area contributed by atoms with Gasteiger partial charge in [-0.3, -0.25) is 9.69 Å². The Morgan fingerprint density at radius 3 is 2.84 bits per heavy atom. The molecule has 0 saturated heterocycles. The first-order valence-corrected chi connectivity index (χ1v) is 10.3. The molecule has 0 atom stereocenters. The smallest absolute Gasteiger partial charge is 0.317 e. The molecule has 0 unspecified atom stereocenters. The molecule has 0 radical (unpaired) electrons. The maximum Gasteiger partial charge on any atom is 0.317 e. The van der Waals surface area contributed by atoms with E-state index in [9.17, 15) is 14.3 Å². The van der Waals surface area contributed by atoms with Crippen molar-refractivity contribution < 1.29 is 19.0 Å². The number of nitrogens with zero attached hydrogens (tertiary/aromatic N) is 3. The van der Waals surface area contributed by atoms with Gasteiger partial charge in [0.15, 0.2) is 5.82 Å². The van der Waals surface area contributed by atoms with E-state index in [0.717, 1.165) is 18.4 Å². The second-order valence-corrected chi connectivity index (χ2v) is 7.50. The number of methoxy groups -OCH3 is 1. The van der Waals surface area contributed by atoms with Crippen molar-refractivity contribution in [2.45, 2.75) is 26.3 Å². The summed E-state index contributed by atoms with van der Waals surface area (Å²) >= 11 is 5.89. The van der Waals surface area contributed by atoms with Crippen LogP contribution in [0.4, 0.5) is 15.9 Å². The molecule has 3 rings (SSSR count). The van der Waals surface area contributed by atoms with Gasteiger partial charge in [-0.25, -0.2) is 14.4 Å². The van der Waals surface area contributed by atoms with Crippen LogP contribution in [-0.2, 0) is 11.3 Å². The monoisotopic (exact) mass is 446 g/mol. The van der Waals surface area contributed by atoms with Gasteiger partial charge in [-0.2, -0.15) is 0 Å². The number of carboxylic acid groups (broad SMARTS) is 1. The van der Waals surface area contributed by atoms with Gasteiger partial charge in [-0.15, -0.1) is 0 Å². The summed E-state index contributed by atoms with van der Waals surface area (Å²) in [4.78, 5) is 21.7. The molecule has 0 aliphatic heterocycles. The molecule has 0 aliphatic carbocycles. The van der Waals surface area contributed by atoms with Crippen LogP contribution in [0.25, 0.3) is 10.9 Å². The Morgan fingerprint density at radius 2 is 2.13 bits per heavy atom. The third-order valence-electron chi connectivity index (χ3n) is 4.82. The maximum atomic E-state index is 14.4. The number of benzene rings is 2. The lowest BCUT2D eigenvalue weighted by Gasteiger charge is -2.22. The minimum atomic E-state index is -0.891. The van der Waals surface area contributed by atoms with Crippen molar-refractivity contribution in [2.24, 2.45) is 0 Å². The van der Waals surface area contributed by atoms with Gasteiger partial charge >= 0.3 is 5.97 Å². The van der Waals surface area contributed by atoms with Gasteiger partial charge in [0, 0.05) is 23.6 Å². The van der Waals surface area contributed by atoms with Crippen LogP contribution in [0.15, 0.2) is 36.7 Å². The number of rotatable bonds is 10. The second kappa shape index (κ2) is 10.4. The number of aromatic nitrogens is 2. The van der Waals surface area contributed by atoms with E-state index in [1.165, 1.54) is 12.4 Å². The van der Waals surface area contributed by atoms with Crippen molar-refractivity contribution in [3.8, 4) is 5.75 Å². The van der Waals surface area contributed by atoms with Gasteiger partial charge in [0.2, 0.25) is 0 Å². The molecular formula is C22H24ClFN4O3. The first-order valence-electron chi connectivity index (χ1n) is 9.89. The first kappa shape index (κ1) is 22.7. The van der Waals surface area contributed by atoms with Crippen molar-refractivity contribution >= 4 is 40.0 Å². The quantitative estimate of drug-likeness (QED) is 0.459. The molecule has 0 fully saturated rings. The third-order valence-corrected chi connectivity index (χ3v) is 5.11. The van der Waals surface area contributed by atoms with Crippen LogP contribution >= 0.6 is 11.6 Å². The molecule has 164 valence electrons. The normalized spacial score (nSPS) is 11.1. The fourth-order valence-corrected chi connectivity index (χ4v) is 3.47. The zero-order valence-electron chi connectivity index (χ0n) is 17.4. The summed E-state index contributed by atoms with van der Waals surface area (Å²) < 4.78 is 19.9. The van der Waals surface area contributed by atoms with Crippen LogP contribution in [0.2, 0.25) is 5.02 Å². The van der Waals surface area contributed by atoms with Gasteiger partial charge in [0.1, 0.15) is 17.9 Å². The molecule has 7 nitrogen and oxygen atoms in total. The van der Waals surface area contributed by atoms with Gasteiger partial charge in [0.05, 0.1) is 29.9 Å². The van der Waals surface area contributed by atoms with Crippen molar-refractivity contribution in [1.82, 2.24) is 14.9 Å². The largest absolute Gasteiger partial charge is 0.496 e. The highest BCUT2D eigenvalue weighted by atomic mass is 35.5. The first-order chi connectivity index (χ1) is 14.9. The number of carboxylic acids is 1. The Labute approximate surface area is 184 Å². The van der Waals surface area contributed by atoms with E-state index in [1.54, 1.807) is 25.3 Å². The van der Waals surface area contributed by atoms with Gasteiger partial charge in [0.25, 0.3) is 0 Å². The molecule has 3 aromatic rings. The highest BCUT2D eigenvalue weighted by molar-refractivity contribution is 6.31. The van der Waals surface area contributed by atoms with Crippen LogP contribution in [-0.4, -0.2) is 46.1 Å². The number of carbonyl (C=O) groups is 1. The summed E-state index contributed by atoms with van der Waals surface area (Å²) in [6, 6.07) is 8.29. The summed E-state index contributed by atoms with van der Waals surface area (Å²) in [5.74, 6) is -0.457. The minimum Gasteiger partial charge on any atom is -0.496 e. The van der Waals surface area contributed by atoms with Crippen molar-refractivity contribution in [2.75, 3.05) is 25.5 Å². The molecular weight excluding hydrogens is 423 g/mol. The average Bonchev–Trinajstić information content (AvgIpc) is 2.74. The number of aliphatic carboxylic acids is 1. The average molecular weight is 447 g/mol. The number of hydrogen-bond donors (Lipinski definition) is 2. The van der Waals surface area contributed by atoms with E-state index in [-0.39, 0.29) is 17.3 Å². The molecule has 0 aliphatic rings. The molecule has 2 aromatic carbocycles. The molecule has 2 N–H and O–H groups in total. The number of halogens is 2. The Hall–Kier alpha value is -2.97. The van der Waals surface area contributed by atoms with Gasteiger partial charge in [-0.1, -0.05) is 31.0 Å². The molecule has 31 heavy (non-hydrogen) atoms. The molecule has 1 heterocycles. The van der Waals surface area contributed by atoms with E-state index in [1.807, 2.05) is 11.0 Å². The molecule has 9 heteroatoms. The minimum absolute atomic E-state index is 0.00552. The zero-order chi connectivity index (χ0) is 22.4. The fourth-order valence-electron chi connectivity index (χ4n) is 3.30. The number of ether oxygens (including phenoxy) is 1. The highest BCUT2D eigenvalue weighted by Crippen LogP contribution is 2.32. The van der Waals surface area contributed by atoms with E-state index in [2.05, 4.69) is 22.2 Å². The van der Waals surface area contributed by atoms with Crippen molar-refractivity contribution in [1.29, 1.82) is 0 Å². The lowest BCUT2D eigenvalue weighted by Crippen LogP contribution is -2.30. The zero-order valence-corrected chi connectivity index (χ0v) is 18.1. The predicted octanol–water partition coefficient (Wildman–Crippen LogP) is 4.86. The highest BCUT2D eigenvalue weighted by Gasteiger charge is 2.16. The molecule has 0 amide bonds. The van der Waals surface area contributed by atoms with E-state index >= 15 is 0 Å². The van der Waals surface area contributed by atoms with Crippen LogP contribution in [0.5, 0.6) is 5.75 Å². The van der Waals surface area contributed by atoms with Crippen LogP contribution in [0, 0.1) is 5.82 Å². The lowest BCUT2D eigenvalue weighted by atomic mass is 10.1. The van der Waals surface area contributed by atoms with E-state index in [0.29, 0.717) is 35.6 Å². The van der Waals surface area contributed by atoms with Crippen molar-refractivity contribution in [3.63, 3.8) is 0 Å². The summed E-state index contributed by atoms with van der Waals surface area (Å²) in [6.45, 7) is 3.00. The maximum absolute atomic E-state index is 14.4. The van der Waals surface area contributed by atoms with Gasteiger partial charge in [-0.05, 0) is 31.2 Å². The molecule has 0 saturated carbocycles. The third kappa shape index (κ3) is 5.59. The Bertz CT molecular complexity index is 1080. The summed E-state index contributed by atoms with van der Waals surface area (Å²) in [5, 5.41) is 12.9. The standard InChI is InChI=1S/C22H24ClFN4O3/c1-3-4-8-28(12-20(29)30)11-14-9-15-18(10-19(14)31-2)25-13-26-22(15)27-17-7-5-6-16(23)21(17)24/h5-7,9-10,13H,3-4,8,11-12H2,1-2H3,(H,29,30)(H,25,26,27). The predicted molar refractivity (Wildman–Crippen MR) is 119 cm³/mol. The number of unbranched alkanes of at least 4 members (excludes halogenated alkanes) is 1. The Balaban J connectivity index is 2.01. The number of fused-ring (bicyclic) bond motifs is 1. The second-order valence-electron chi connectivity index (χ2n) is 7.09.